The molecule has 142 valence electrons. The van der Waals surface area contributed by atoms with Crippen molar-refractivity contribution in [2.24, 2.45) is 5.92 Å². The molecule has 2 aromatic rings. The molecule has 5 nitrogen and oxygen atoms in total. The van der Waals surface area contributed by atoms with Crippen molar-refractivity contribution < 1.29 is 14.3 Å². The third-order valence-electron chi connectivity index (χ3n) is 4.91. The Balaban J connectivity index is 1.70. The molecule has 1 unspecified atom stereocenters. The van der Waals surface area contributed by atoms with E-state index in [0.29, 0.717) is 30.1 Å². The number of anilines is 1. The Morgan fingerprint density at radius 3 is 2.52 bits per heavy atom. The van der Waals surface area contributed by atoms with Crippen molar-refractivity contribution >= 4 is 17.5 Å². The molecule has 2 aromatic carbocycles. The SMILES string of the molecule is COc1ccccc1NC(=O)C1CCCN(C(=O)c2cc(C)cc(C)c2)C1. The molecule has 0 saturated carbocycles. The third kappa shape index (κ3) is 4.48. The maximum atomic E-state index is 12.9. The molecule has 0 aliphatic carbocycles. The van der Waals surface area contributed by atoms with E-state index in [0.717, 1.165) is 24.0 Å². The number of piperidine rings is 1. The normalized spacial score (nSPS) is 16.7. The second-order valence-electron chi connectivity index (χ2n) is 7.16. The van der Waals surface area contributed by atoms with Crippen LogP contribution >= 0.6 is 0 Å². The van der Waals surface area contributed by atoms with Gasteiger partial charge in [0.2, 0.25) is 5.91 Å². The van der Waals surface area contributed by atoms with Crippen LogP contribution in [0.5, 0.6) is 5.75 Å². The van der Waals surface area contributed by atoms with Crippen molar-refractivity contribution in [2.75, 3.05) is 25.5 Å². The summed E-state index contributed by atoms with van der Waals surface area (Å²) in [6.07, 6.45) is 1.60. The zero-order valence-corrected chi connectivity index (χ0v) is 16.1. The summed E-state index contributed by atoms with van der Waals surface area (Å²) < 4.78 is 5.29. The number of benzene rings is 2. The molecule has 0 aromatic heterocycles. The van der Waals surface area contributed by atoms with Crippen LogP contribution < -0.4 is 10.1 Å². The Morgan fingerprint density at radius 2 is 1.81 bits per heavy atom. The van der Waals surface area contributed by atoms with Gasteiger partial charge in [0.05, 0.1) is 18.7 Å². The minimum absolute atomic E-state index is 0.00316. The highest BCUT2D eigenvalue weighted by atomic mass is 16.5. The fourth-order valence-electron chi connectivity index (χ4n) is 3.64. The highest BCUT2D eigenvalue weighted by Gasteiger charge is 2.29. The molecule has 27 heavy (non-hydrogen) atoms. The molecule has 0 radical (unpaired) electrons. The number of carbonyl (C=O) groups is 2. The largest absolute Gasteiger partial charge is 0.495 e. The number of para-hydroxylation sites is 2. The first kappa shape index (κ1) is 19.0. The van der Waals surface area contributed by atoms with Gasteiger partial charge in [-0.15, -0.1) is 0 Å². The van der Waals surface area contributed by atoms with Crippen molar-refractivity contribution in [1.82, 2.24) is 4.90 Å². The summed E-state index contributed by atoms with van der Waals surface area (Å²) in [6, 6.07) is 13.2. The van der Waals surface area contributed by atoms with Gasteiger partial charge in [-0.25, -0.2) is 0 Å². The van der Waals surface area contributed by atoms with Gasteiger partial charge in [-0.3, -0.25) is 9.59 Å². The minimum atomic E-state index is -0.224. The van der Waals surface area contributed by atoms with Crippen LogP contribution in [0.4, 0.5) is 5.69 Å². The molecule has 0 spiro atoms. The molecule has 2 amide bonds. The van der Waals surface area contributed by atoms with Crippen molar-refractivity contribution in [3.8, 4) is 5.75 Å². The number of aryl methyl sites for hydroxylation is 2. The van der Waals surface area contributed by atoms with Crippen molar-refractivity contribution in [3.63, 3.8) is 0 Å². The fraction of sp³-hybridized carbons (Fsp3) is 0.364. The van der Waals surface area contributed by atoms with Crippen LogP contribution in [0.2, 0.25) is 0 Å². The van der Waals surface area contributed by atoms with Gasteiger partial charge in [0, 0.05) is 18.7 Å². The molecule has 1 saturated heterocycles. The quantitative estimate of drug-likeness (QED) is 0.895. The number of carbonyl (C=O) groups excluding carboxylic acids is 2. The molecule has 1 aliphatic rings. The Kier molecular flexibility index (Phi) is 5.79. The van der Waals surface area contributed by atoms with Crippen LogP contribution in [0.15, 0.2) is 42.5 Å². The Bertz CT molecular complexity index is 827. The number of amides is 2. The molecule has 1 fully saturated rings. The molecule has 5 heteroatoms. The lowest BCUT2D eigenvalue weighted by Crippen LogP contribution is -2.43. The molecule has 1 N–H and O–H groups in total. The standard InChI is InChI=1S/C22H26N2O3/c1-15-11-16(2)13-18(12-15)22(26)24-10-6-7-17(14-24)21(25)23-19-8-4-5-9-20(19)27-3/h4-5,8-9,11-13,17H,6-7,10,14H2,1-3H3,(H,23,25). The summed E-state index contributed by atoms with van der Waals surface area (Å²) >= 11 is 0. The molecule has 0 bridgehead atoms. The average Bonchev–Trinajstić information content (AvgIpc) is 2.67. The van der Waals surface area contributed by atoms with E-state index < -0.39 is 0 Å². The molecule has 3 rings (SSSR count). The average molecular weight is 366 g/mol. The van der Waals surface area contributed by atoms with Crippen LogP contribution in [0.1, 0.15) is 34.3 Å². The van der Waals surface area contributed by atoms with Gasteiger partial charge in [0.1, 0.15) is 5.75 Å². The predicted octanol–water partition coefficient (Wildman–Crippen LogP) is 3.80. The number of nitrogens with zero attached hydrogens (tertiary/aromatic N) is 1. The van der Waals surface area contributed by atoms with E-state index >= 15 is 0 Å². The van der Waals surface area contributed by atoms with Crippen molar-refractivity contribution in [2.45, 2.75) is 26.7 Å². The fourth-order valence-corrected chi connectivity index (χ4v) is 3.64. The van der Waals surface area contributed by atoms with Crippen molar-refractivity contribution in [1.29, 1.82) is 0 Å². The van der Waals surface area contributed by atoms with Gasteiger partial charge >= 0.3 is 0 Å². The number of likely N-dealkylation sites (tertiary alicyclic amines) is 1. The highest BCUT2D eigenvalue weighted by Crippen LogP contribution is 2.26. The maximum absolute atomic E-state index is 12.9. The van der Waals surface area contributed by atoms with Crippen LogP contribution in [-0.2, 0) is 4.79 Å². The summed E-state index contributed by atoms with van der Waals surface area (Å²) in [5.74, 6) is 0.331. The number of hydrogen-bond donors (Lipinski definition) is 1. The lowest BCUT2D eigenvalue weighted by Gasteiger charge is -2.32. The molecular weight excluding hydrogens is 340 g/mol. The van der Waals surface area contributed by atoms with Crippen LogP contribution in [0, 0.1) is 19.8 Å². The Hall–Kier alpha value is -2.82. The van der Waals surface area contributed by atoms with Gasteiger partial charge < -0.3 is 15.0 Å². The predicted molar refractivity (Wildman–Crippen MR) is 106 cm³/mol. The van der Waals surface area contributed by atoms with Crippen molar-refractivity contribution in [3.05, 3.63) is 59.2 Å². The van der Waals surface area contributed by atoms with Gasteiger partial charge in [0.25, 0.3) is 5.91 Å². The second-order valence-corrected chi connectivity index (χ2v) is 7.16. The summed E-state index contributed by atoms with van der Waals surface area (Å²) in [7, 11) is 1.58. The molecule has 1 aliphatic heterocycles. The summed E-state index contributed by atoms with van der Waals surface area (Å²) in [6.45, 7) is 5.10. The van der Waals surface area contributed by atoms with Gasteiger partial charge in [-0.05, 0) is 51.0 Å². The first-order valence-corrected chi connectivity index (χ1v) is 9.29. The smallest absolute Gasteiger partial charge is 0.253 e. The topological polar surface area (TPSA) is 58.6 Å². The summed E-state index contributed by atoms with van der Waals surface area (Å²) in [5.41, 5.74) is 3.49. The van der Waals surface area contributed by atoms with Gasteiger partial charge in [-0.2, -0.15) is 0 Å². The Labute approximate surface area is 160 Å². The highest BCUT2D eigenvalue weighted by molar-refractivity contribution is 5.97. The van der Waals surface area contributed by atoms with E-state index in [1.165, 1.54) is 0 Å². The van der Waals surface area contributed by atoms with E-state index in [9.17, 15) is 9.59 Å². The van der Waals surface area contributed by atoms with Crippen LogP contribution in [0.3, 0.4) is 0 Å². The minimum Gasteiger partial charge on any atom is -0.495 e. The van der Waals surface area contributed by atoms with E-state index in [1.54, 1.807) is 12.0 Å². The zero-order chi connectivity index (χ0) is 19.4. The number of ether oxygens (including phenoxy) is 1. The Morgan fingerprint density at radius 1 is 1.11 bits per heavy atom. The summed E-state index contributed by atoms with van der Waals surface area (Å²) in [4.78, 5) is 27.4. The van der Waals surface area contributed by atoms with Gasteiger partial charge in [-0.1, -0.05) is 29.3 Å². The van der Waals surface area contributed by atoms with Crippen LogP contribution in [0.25, 0.3) is 0 Å². The maximum Gasteiger partial charge on any atom is 0.253 e. The first-order chi connectivity index (χ1) is 13.0. The molecule has 1 atom stereocenters. The van der Waals surface area contributed by atoms with E-state index in [1.807, 2.05) is 50.2 Å². The van der Waals surface area contributed by atoms with E-state index in [2.05, 4.69) is 11.4 Å². The lowest BCUT2D eigenvalue weighted by molar-refractivity contribution is -0.121. The van der Waals surface area contributed by atoms with Crippen LogP contribution in [-0.4, -0.2) is 36.9 Å². The van der Waals surface area contributed by atoms with E-state index in [4.69, 9.17) is 4.74 Å². The summed E-state index contributed by atoms with van der Waals surface area (Å²) in [5, 5.41) is 2.95. The number of nitrogens with one attached hydrogen (secondary N) is 1. The molecule has 1 heterocycles. The zero-order valence-electron chi connectivity index (χ0n) is 16.1. The first-order valence-electron chi connectivity index (χ1n) is 9.29. The monoisotopic (exact) mass is 366 g/mol. The number of hydrogen-bond acceptors (Lipinski definition) is 3. The van der Waals surface area contributed by atoms with E-state index in [-0.39, 0.29) is 17.7 Å². The molecular formula is C22H26N2O3. The lowest BCUT2D eigenvalue weighted by atomic mass is 9.96. The van der Waals surface area contributed by atoms with Gasteiger partial charge in [0.15, 0.2) is 0 Å². The number of methoxy groups -OCH3 is 1. The third-order valence-corrected chi connectivity index (χ3v) is 4.91. The number of rotatable bonds is 4. The second kappa shape index (κ2) is 8.25.